The van der Waals surface area contributed by atoms with E-state index in [1.165, 1.54) is 15.7 Å². The third-order valence-corrected chi connectivity index (χ3v) is 4.29. The zero-order valence-electron chi connectivity index (χ0n) is 12.2. The van der Waals surface area contributed by atoms with Gasteiger partial charge in [0, 0.05) is 11.1 Å². The van der Waals surface area contributed by atoms with Gasteiger partial charge in [-0.05, 0) is 26.0 Å². The molecule has 0 atom stereocenters. The van der Waals surface area contributed by atoms with Gasteiger partial charge in [0.15, 0.2) is 4.96 Å². The summed E-state index contributed by atoms with van der Waals surface area (Å²) in [6.45, 7) is 3.27. The number of thiazole rings is 1. The Morgan fingerprint density at radius 2 is 1.91 bits per heavy atom. The average Bonchev–Trinajstić information content (AvgIpc) is 2.84. The van der Waals surface area contributed by atoms with Crippen LogP contribution in [0, 0.1) is 25.5 Å². The number of hydrogen-bond donors (Lipinski definition) is 1. The Bertz CT molecular complexity index is 974. The van der Waals surface area contributed by atoms with Crippen LogP contribution in [0.25, 0.3) is 4.96 Å². The van der Waals surface area contributed by atoms with Gasteiger partial charge in [-0.15, -0.1) is 11.3 Å². The van der Waals surface area contributed by atoms with Gasteiger partial charge in [-0.2, -0.15) is 0 Å². The molecule has 1 N–H and O–H groups in total. The van der Waals surface area contributed by atoms with E-state index in [-0.39, 0.29) is 11.4 Å². The summed E-state index contributed by atoms with van der Waals surface area (Å²) in [5.74, 6) is -3.03. The van der Waals surface area contributed by atoms with Crippen molar-refractivity contribution >= 4 is 27.9 Å². The summed E-state index contributed by atoms with van der Waals surface area (Å²) in [5, 5.41) is 4.03. The fourth-order valence-electron chi connectivity index (χ4n) is 2.22. The molecular weight excluding hydrogens is 324 g/mol. The van der Waals surface area contributed by atoms with Crippen LogP contribution in [-0.4, -0.2) is 15.3 Å². The van der Waals surface area contributed by atoms with Crippen LogP contribution in [0.1, 0.15) is 21.7 Å². The largest absolute Gasteiger partial charge is 0.316 e. The van der Waals surface area contributed by atoms with Crippen molar-refractivity contribution in [1.82, 2.24) is 9.38 Å². The SMILES string of the molecule is Cc1nc2scc(C)n2c(=O)c1NC(=O)c1c(F)cccc1F. The first kappa shape index (κ1) is 15.3. The number of carbonyl (C=O) groups excluding carboxylic acids is 1. The van der Waals surface area contributed by atoms with Gasteiger partial charge < -0.3 is 5.32 Å². The van der Waals surface area contributed by atoms with Crippen molar-refractivity contribution in [2.75, 3.05) is 5.32 Å². The maximum absolute atomic E-state index is 13.7. The minimum absolute atomic E-state index is 0.100. The lowest BCUT2D eigenvalue weighted by atomic mass is 10.2. The van der Waals surface area contributed by atoms with Crippen LogP contribution >= 0.6 is 11.3 Å². The van der Waals surface area contributed by atoms with Crippen molar-refractivity contribution in [1.29, 1.82) is 0 Å². The molecule has 3 rings (SSSR count). The molecule has 118 valence electrons. The van der Waals surface area contributed by atoms with Gasteiger partial charge in [0.2, 0.25) is 0 Å². The molecule has 2 heterocycles. The van der Waals surface area contributed by atoms with Gasteiger partial charge in [0.05, 0.1) is 5.69 Å². The van der Waals surface area contributed by atoms with Crippen molar-refractivity contribution < 1.29 is 13.6 Å². The van der Waals surface area contributed by atoms with E-state index in [1.54, 1.807) is 19.2 Å². The Labute approximate surface area is 133 Å². The minimum Gasteiger partial charge on any atom is -0.316 e. The first-order valence-corrected chi connectivity index (χ1v) is 7.51. The standard InChI is InChI=1S/C15H11F2N3O2S/c1-7-6-23-15-18-8(2)12(14(22)20(7)15)19-13(21)11-9(16)4-3-5-10(11)17/h3-6H,1-2H3,(H,19,21). The summed E-state index contributed by atoms with van der Waals surface area (Å²) in [6.07, 6.45) is 0. The van der Waals surface area contributed by atoms with Crippen LogP contribution in [-0.2, 0) is 0 Å². The number of carbonyl (C=O) groups is 1. The van der Waals surface area contributed by atoms with Crippen molar-refractivity contribution in [3.8, 4) is 0 Å². The molecular formula is C15H11F2N3O2S. The fourth-order valence-corrected chi connectivity index (χ4v) is 3.12. The van der Waals surface area contributed by atoms with Crippen LogP contribution in [0.3, 0.4) is 0 Å². The Morgan fingerprint density at radius 1 is 1.26 bits per heavy atom. The van der Waals surface area contributed by atoms with Crippen molar-refractivity contribution in [2.45, 2.75) is 13.8 Å². The molecule has 2 aromatic heterocycles. The summed E-state index contributed by atoms with van der Waals surface area (Å²) in [5.41, 5.74) is -0.386. The van der Waals surface area contributed by atoms with E-state index in [9.17, 15) is 18.4 Å². The second-order valence-electron chi connectivity index (χ2n) is 4.92. The highest BCUT2D eigenvalue weighted by atomic mass is 32.1. The molecule has 5 nitrogen and oxygen atoms in total. The lowest BCUT2D eigenvalue weighted by molar-refractivity contribution is 0.101. The van der Waals surface area contributed by atoms with Gasteiger partial charge in [0.1, 0.15) is 22.9 Å². The summed E-state index contributed by atoms with van der Waals surface area (Å²) in [7, 11) is 0. The molecule has 0 spiro atoms. The molecule has 0 saturated heterocycles. The summed E-state index contributed by atoms with van der Waals surface area (Å²) in [4.78, 5) is 29.4. The second-order valence-corrected chi connectivity index (χ2v) is 5.76. The van der Waals surface area contributed by atoms with Gasteiger partial charge in [-0.3, -0.25) is 14.0 Å². The van der Waals surface area contributed by atoms with E-state index in [0.717, 1.165) is 18.2 Å². The topological polar surface area (TPSA) is 63.5 Å². The highest BCUT2D eigenvalue weighted by Gasteiger charge is 2.20. The van der Waals surface area contributed by atoms with E-state index >= 15 is 0 Å². The number of rotatable bonds is 2. The molecule has 1 aromatic carbocycles. The third-order valence-electron chi connectivity index (χ3n) is 3.35. The van der Waals surface area contributed by atoms with Crippen LogP contribution in [0.5, 0.6) is 0 Å². The van der Waals surface area contributed by atoms with E-state index < -0.39 is 28.7 Å². The number of amides is 1. The van der Waals surface area contributed by atoms with Gasteiger partial charge >= 0.3 is 0 Å². The number of halogens is 2. The zero-order chi connectivity index (χ0) is 16.7. The zero-order valence-corrected chi connectivity index (χ0v) is 13.0. The monoisotopic (exact) mass is 335 g/mol. The Hall–Kier alpha value is -2.61. The number of nitrogens with zero attached hydrogens (tertiary/aromatic N) is 2. The summed E-state index contributed by atoms with van der Waals surface area (Å²) < 4.78 is 28.7. The third kappa shape index (κ3) is 2.50. The lowest BCUT2D eigenvalue weighted by Gasteiger charge is -2.09. The highest BCUT2D eigenvalue weighted by molar-refractivity contribution is 7.15. The molecule has 1 amide bonds. The molecule has 0 radical (unpaired) electrons. The maximum atomic E-state index is 13.7. The Morgan fingerprint density at radius 3 is 2.57 bits per heavy atom. The van der Waals surface area contributed by atoms with Gasteiger partial charge in [-0.25, -0.2) is 13.8 Å². The summed E-state index contributed by atoms with van der Waals surface area (Å²) in [6, 6.07) is 3.11. The number of hydrogen-bond acceptors (Lipinski definition) is 4. The van der Waals surface area contributed by atoms with Crippen LogP contribution in [0.15, 0.2) is 28.4 Å². The van der Waals surface area contributed by atoms with Crippen LogP contribution in [0.2, 0.25) is 0 Å². The average molecular weight is 335 g/mol. The predicted octanol–water partition coefficient (Wildman–Crippen LogP) is 2.90. The van der Waals surface area contributed by atoms with E-state index in [4.69, 9.17) is 0 Å². The van der Waals surface area contributed by atoms with E-state index in [0.29, 0.717) is 10.7 Å². The molecule has 0 aliphatic heterocycles. The Balaban J connectivity index is 2.10. The molecule has 3 aromatic rings. The van der Waals surface area contributed by atoms with E-state index in [2.05, 4.69) is 10.3 Å². The first-order valence-electron chi connectivity index (χ1n) is 6.63. The number of fused-ring (bicyclic) bond motifs is 1. The van der Waals surface area contributed by atoms with Gasteiger partial charge in [-0.1, -0.05) is 6.07 Å². The molecule has 0 unspecified atom stereocenters. The van der Waals surface area contributed by atoms with E-state index in [1.807, 2.05) is 0 Å². The number of nitrogens with one attached hydrogen (secondary N) is 1. The number of aromatic nitrogens is 2. The molecule has 0 saturated carbocycles. The summed E-state index contributed by atoms with van der Waals surface area (Å²) >= 11 is 1.29. The fraction of sp³-hybridized carbons (Fsp3) is 0.133. The van der Waals surface area contributed by atoms with Crippen molar-refractivity contribution in [3.05, 3.63) is 62.5 Å². The molecule has 0 aliphatic rings. The predicted molar refractivity (Wildman–Crippen MR) is 83.1 cm³/mol. The quantitative estimate of drug-likeness (QED) is 0.783. The number of aryl methyl sites for hydroxylation is 2. The normalized spacial score (nSPS) is 11.0. The second kappa shape index (κ2) is 5.54. The lowest BCUT2D eigenvalue weighted by Crippen LogP contribution is -2.26. The number of benzene rings is 1. The smallest absolute Gasteiger partial charge is 0.282 e. The molecule has 0 bridgehead atoms. The molecule has 8 heteroatoms. The molecule has 23 heavy (non-hydrogen) atoms. The molecule has 0 fully saturated rings. The van der Waals surface area contributed by atoms with Crippen LogP contribution in [0.4, 0.5) is 14.5 Å². The van der Waals surface area contributed by atoms with Crippen molar-refractivity contribution in [3.63, 3.8) is 0 Å². The highest BCUT2D eigenvalue weighted by Crippen LogP contribution is 2.18. The first-order chi connectivity index (χ1) is 10.9. The molecule has 0 aliphatic carbocycles. The maximum Gasteiger partial charge on any atom is 0.282 e. The minimum atomic E-state index is -1.03. The van der Waals surface area contributed by atoms with Gasteiger partial charge in [0.25, 0.3) is 11.5 Å². The Kier molecular flexibility index (Phi) is 3.69. The van der Waals surface area contributed by atoms with Crippen molar-refractivity contribution in [2.24, 2.45) is 0 Å². The number of anilines is 1. The van der Waals surface area contributed by atoms with Crippen LogP contribution < -0.4 is 10.9 Å².